The number of benzene rings is 5. The zero-order valence-electron chi connectivity index (χ0n) is 22.4. The monoisotopic (exact) mass is 542 g/mol. The predicted molar refractivity (Wildman–Crippen MR) is 165 cm³/mol. The Morgan fingerprint density at radius 3 is 1.51 bits per heavy atom. The van der Waals surface area contributed by atoms with Crippen LogP contribution < -0.4 is 20.9 Å². The van der Waals surface area contributed by atoms with Gasteiger partial charge in [-0.2, -0.15) is 0 Å². The SMILES string of the molecule is Nc1cccc(-c2ccc(C(=CCOc3ccc(OCC(=O)O)cc3)c3ccc(-c4cccc(N)c4)cc3)cc2)c1. The highest BCUT2D eigenvalue weighted by Gasteiger charge is 2.08. The lowest BCUT2D eigenvalue weighted by molar-refractivity contribution is -0.139. The Bertz CT molecular complexity index is 1570. The van der Waals surface area contributed by atoms with Gasteiger partial charge in [-0.3, -0.25) is 0 Å². The molecule has 6 heteroatoms. The van der Waals surface area contributed by atoms with Crippen LogP contribution in [0.15, 0.2) is 127 Å². The zero-order chi connectivity index (χ0) is 28.6. The van der Waals surface area contributed by atoms with Crippen LogP contribution in [0.2, 0.25) is 0 Å². The zero-order valence-corrected chi connectivity index (χ0v) is 22.4. The van der Waals surface area contributed by atoms with E-state index in [0.717, 1.165) is 50.3 Å². The summed E-state index contributed by atoms with van der Waals surface area (Å²) in [7, 11) is 0. The highest BCUT2D eigenvalue weighted by atomic mass is 16.5. The minimum absolute atomic E-state index is 0.332. The van der Waals surface area contributed by atoms with Gasteiger partial charge in [0.05, 0.1) is 0 Å². The molecule has 0 aliphatic carbocycles. The molecular weight excluding hydrogens is 512 g/mol. The first kappa shape index (κ1) is 27.1. The highest BCUT2D eigenvalue weighted by Crippen LogP contribution is 2.30. The Morgan fingerprint density at radius 2 is 1.07 bits per heavy atom. The van der Waals surface area contributed by atoms with Crippen LogP contribution >= 0.6 is 0 Å². The maximum absolute atomic E-state index is 10.7. The average Bonchev–Trinajstić information content (AvgIpc) is 2.99. The van der Waals surface area contributed by atoms with Gasteiger partial charge in [0.15, 0.2) is 6.61 Å². The molecule has 0 amide bonds. The topological polar surface area (TPSA) is 108 Å². The van der Waals surface area contributed by atoms with Gasteiger partial charge < -0.3 is 26.0 Å². The minimum Gasteiger partial charge on any atom is -0.490 e. The smallest absolute Gasteiger partial charge is 0.341 e. The van der Waals surface area contributed by atoms with Crippen LogP contribution in [0.4, 0.5) is 11.4 Å². The number of nitrogen functional groups attached to an aromatic ring is 2. The molecule has 5 rings (SSSR count). The lowest BCUT2D eigenvalue weighted by Gasteiger charge is -2.13. The van der Waals surface area contributed by atoms with Crippen molar-refractivity contribution < 1.29 is 19.4 Å². The molecule has 5 aromatic rings. The van der Waals surface area contributed by atoms with Crippen LogP contribution in [0.1, 0.15) is 11.1 Å². The number of carbonyl (C=O) groups is 1. The van der Waals surface area contributed by atoms with Crippen molar-refractivity contribution in [2.45, 2.75) is 0 Å². The third kappa shape index (κ3) is 7.13. The minimum atomic E-state index is -1.02. The van der Waals surface area contributed by atoms with Crippen LogP contribution in [0.25, 0.3) is 27.8 Å². The number of hydrogen-bond donors (Lipinski definition) is 3. The molecular formula is C35H30N2O4. The normalized spacial score (nSPS) is 10.5. The van der Waals surface area contributed by atoms with Crippen molar-refractivity contribution in [2.75, 3.05) is 24.7 Å². The van der Waals surface area contributed by atoms with Crippen LogP contribution in [-0.4, -0.2) is 24.3 Å². The fourth-order valence-corrected chi connectivity index (χ4v) is 4.52. The maximum atomic E-state index is 10.7. The Morgan fingerprint density at radius 1 is 0.610 bits per heavy atom. The standard InChI is InChI=1S/C35H30N2O4/c36-30-5-1-3-28(21-30)24-7-11-26(12-8-24)34(19-20-40-32-15-17-33(18-16-32)41-23-35(38)39)27-13-9-25(10-14-27)29-4-2-6-31(37)22-29/h1-19,21-22H,20,23,36-37H2,(H,38,39). The predicted octanol–water partition coefficient (Wildman–Crippen LogP) is 7.16. The molecule has 0 saturated carbocycles. The van der Waals surface area contributed by atoms with Gasteiger partial charge in [0.25, 0.3) is 0 Å². The van der Waals surface area contributed by atoms with Crippen LogP contribution in [0, 0.1) is 0 Å². The molecule has 0 atom stereocenters. The first-order valence-corrected chi connectivity index (χ1v) is 13.1. The maximum Gasteiger partial charge on any atom is 0.341 e. The van der Waals surface area contributed by atoms with E-state index in [2.05, 4.69) is 54.6 Å². The summed E-state index contributed by atoms with van der Waals surface area (Å²) < 4.78 is 11.2. The van der Waals surface area contributed by atoms with Gasteiger partial charge in [-0.15, -0.1) is 0 Å². The summed E-state index contributed by atoms with van der Waals surface area (Å²) in [5.74, 6) is 0.0960. The van der Waals surface area contributed by atoms with Gasteiger partial charge >= 0.3 is 5.97 Å². The first-order chi connectivity index (χ1) is 19.9. The van der Waals surface area contributed by atoms with Gasteiger partial charge in [-0.1, -0.05) is 72.8 Å². The molecule has 41 heavy (non-hydrogen) atoms. The second kappa shape index (κ2) is 12.6. The number of rotatable bonds is 10. The van der Waals surface area contributed by atoms with Gasteiger partial charge in [-0.25, -0.2) is 4.79 Å². The van der Waals surface area contributed by atoms with E-state index in [1.807, 2.05) is 48.5 Å². The number of hydrogen-bond acceptors (Lipinski definition) is 5. The Kier molecular flexibility index (Phi) is 8.31. The summed E-state index contributed by atoms with van der Waals surface area (Å²) >= 11 is 0. The molecule has 0 spiro atoms. The van der Waals surface area contributed by atoms with Crippen LogP contribution in [-0.2, 0) is 4.79 Å². The summed E-state index contributed by atoms with van der Waals surface area (Å²) in [6.45, 7) is -0.0577. The Hall–Kier alpha value is -5.49. The second-order valence-electron chi connectivity index (χ2n) is 9.49. The summed E-state index contributed by atoms with van der Waals surface area (Å²) in [5, 5.41) is 8.79. The Labute approximate surface area is 239 Å². The molecule has 0 fully saturated rings. The van der Waals surface area contributed by atoms with Gasteiger partial charge in [0, 0.05) is 11.4 Å². The lowest BCUT2D eigenvalue weighted by Crippen LogP contribution is -2.09. The largest absolute Gasteiger partial charge is 0.490 e. The van der Waals surface area contributed by atoms with Crippen molar-refractivity contribution in [3.05, 3.63) is 139 Å². The molecule has 204 valence electrons. The van der Waals surface area contributed by atoms with Gasteiger partial charge in [0.2, 0.25) is 0 Å². The van der Waals surface area contributed by atoms with Crippen molar-refractivity contribution in [3.63, 3.8) is 0 Å². The number of carboxylic acids is 1. The molecule has 0 aliphatic rings. The van der Waals surface area contributed by atoms with Gasteiger partial charge in [-0.05, 0) is 93.6 Å². The fraction of sp³-hybridized carbons (Fsp3) is 0.0571. The van der Waals surface area contributed by atoms with E-state index in [4.69, 9.17) is 26.0 Å². The molecule has 0 radical (unpaired) electrons. The quantitative estimate of drug-likeness (QED) is 0.162. The molecule has 0 aliphatic heterocycles. The van der Waals surface area contributed by atoms with Crippen LogP contribution in [0.5, 0.6) is 11.5 Å². The third-order valence-corrected chi connectivity index (χ3v) is 6.56. The van der Waals surface area contributed by atoms with Crippen molar-refractivity contribution in [1.82, 2.24) is 0 Å². The van der Waals surface area contributed by atoms with E-state index in [1.165, 1.54) is 0 Å². The number of carboxylic acid groups (broad SMARTS) is 1. The summed E-state index contributed by atoms with van der Waals surface area (Å²) in [4.78, 5) is 10.7. The number of ether oxygens (including phenoxy) is 2. The molecule has 6 nitrogen and oxygen atoms in total. The summed E-state index contributed by atoms with van der Waals surface area (Å²) in [5.41, 5.74) is 20.9. The van der Waals surface area contributed by atoms with E-state index in [1.54, 1.807) is 24.3 Å². The third-order valence-electron chi connectivity index (χ3n) is 6.56. The van der Waals surface area contributed by atoms with E-state index in [-0.39, 0.29) is 6.61 Å². The molecule has 0 bridgehead atoms. The van der Waals surface area contributed by atoms with Crippen molar-refractivity contribution >= 4 is 22.9 Å². The van der Waals surface area contributed by atoms with E-state index in [0.29, 0.717) is 18.1 Å². The van der Waals surface area contributed by atoms with E-state index in [9.17, 15) is 4.79 Å². The van der Waals surface area contributed by atoms with E-state index >= 15 is 0 Å². The molecule has 0 unspecified atom stereocenters. The number of aliphatic carboxylic acids is 1. The van der Waals surface area contributed by atoms with Crippen molar-refractivity contribution in [2.24, 2.45) is 0 Å². The first-order valence-electron chi connectivity index (χ1n) is 13.1. The number of nitrogens with two attached hydrogens (primary N) is 2. The van der Waals surface area contributed by atoms with Crippen LogP contribution in [0.3, 0.4) is 0 Å². The summed E-state index contributed by atoms with van der Waals surface area (Å²) in [6, 6.07) is 39.3. The van der Waals surface area contributed by atoms with Gasteiger partial charge in [0.1, 0.15) is 18.1 Å². The molecule has 0 heterocycles. The number of anilines is 2. The Balaban J connectivity index is 1.40. The highest BCUT2D eigenvalue weighted by molar-refractivity contribution is 5.82. The van der Waals surface area contributed by atoms with Crippen molar-refractivity contribution in [3.8, 4) is 33.8 Å². The molecule has 5 aromatic carbocycles. The van der Waals surface area contributed by atoms with Crippen molar-refractivity contribution in [1.29, 1.82) is 0 Å². The molecule has 5 N–H and O–H groups in total. The fourth-order valence-electron chi connectivity index (χ4n) is 4.52. The average molecular weight is 543 g/mol. The summed E-state index contributed by atoms with van der Waals surface area (Å²) in [6.07, 6.45) is 2.06. The lowest BCUT2D eigenvalue weighted by atomic mass is 9.94. The molecule has 0 aromatic heterocycles. The van der Waals surface area contributed by atoms with E-state index < -0.39 is 5.97 Å². The second-order valence-corrected chi connectivity index (χ2v) is 9.49. The molecule has 0 saturated heterocycles.